The fraction of sp³-hybridized carbons (Fsp3) is 0.316. The maximum absolute atomic E-state index is 13.6. The molecule has 2 aromatic carbocycles. The van der Waals surface area contributed by atoms with Gasteiger partial charge in [-0.15, -0.1) is 0 Å². The lowest BCUT2D eigenvalue weighted by atomic mass is 10.1. The van der Waals surface area contributed by atoms with Crippen LogP contribution in [0.5, 0.6) is 11.5 Å². The van der Waals surface area contributed by atoms with Gasteiger partial charge in [-0.05, 0) is 56.2 Å². The van der Waals surface area contributed by atoms with Crippen LogP contribution in [-0.4, -0.2) is 25.7 Å². The Balaban J connectivity index is 2.05. The van der Waals surface area contributed by atoms with Crippen LogP contribution in [0, 0.1) is 11.6 Å². The largest absolute Gasteiger partial charge is 0.494 e. The van der Waals surface area contributed by atoms with E-state index in [-0.39, 0.29) is 24.5 Å². The Hall–Kier alpha value is -2.83. The topological polar surface area (TPSA) is 68.9 Å². The monoisotopic (exact) mass is 363 g/mol. The summed E-state index contributed by atoms with van der Waals surface area (Å²) in [5.41, 5.74) is 6.78. The molecular formula is C19H23F2N3O2. The van der Waals surface area contributed by atoms with E-state index in [1.165, 1.54) is 0 Å². The first-order valence-corrected chi connectivity index (χ1v) is 8.44. The smallest absolute Gasteiger partial charge is 0.193 e. The molecule has 0 saturated carbocycles. The lowest BCUT2D eigenvalue weighted by molar-refractivity contribution is 0.332. The van der Waals surface area contributed by atoms with Gasteiger partial charge in [-0.3, -0.25) is 4.99 Å². The van der Waals surface area contributed by atoms with E-state index in [2.05, 4.69) is 10.3 Å². The molecule has 0 amide bonds. The van der Waals surface area contributed by atoms with E-state index in [0.717, 1.165) is 18.2 Å². The summed E-state index contributed by atoms with van der Waals surface area (Å²) in [6.45, 7) is 5.03. The van der Waals surface area contributed by atoms with Gasteiger partial charge in [0.05, 0.1) is 18.9 Å². The molecule has 0 radical (unpaired) electrons. The summed E-state index contributed by atoms with van der Waals surface area (Å²) in [5, 5.41) is 2.96. The number of nitrogens with zero attached hydrogens (tertiary/aromatic N) is 1. The number of rotatable bonds is 8. The van der Waals surface area contributed by atoms with Gasteiger partial charge in [0.15, 0.2) is 5.96 Å². The number of ether oxygens (including phenoxy) is 2. The highest BCUT2D eigenvalue weighted by Gasteiger charge is 2.08. The molecule has 0 atom stereocenters. The first-order chi connectivity index (χ1) is 12.5. The van der Waals surface area contributed by atoms with Crippen molar-refractivity contribution in [3.05, 3.63) is 53.6 Å². The standard InChI is InChI=1S/C19H23F2N3O2/c1-3-25-15-6-8-18(26-4-2)17(12-15)24-19(22)23-10-9-13-11-14(20)5-7-16(13)21/h5-8,11-12H,3-4,9-10H2,1-2H3,(H3,22,23,24). The molecule has 0 unspecified atom stereocenters. The van der Waals surface area contributed by atoms with Gasteiger partial charge in [0.1, 0.15) is 23.1 Å². The van der Waals surface area contributed by atoms with Gasteiger partial charge < -0.3 is 20.5 Å². The average molecular weight is 363 g/mol. The van der Waals surface area contributed by atoms with E-state index in [1.54, 1.807) is 18.2 Å². The molecule has 0 heterocycles. The summed E-state index contributed by atoms with van der Waals surface area (Å²) in [4.78, 5) is 4.16. The van der Waals surface area contributed by atoms with Crippen molar-refractivity contribution in [2.24, 2.45) is 10.7 Å². The Bertz CT molecular complexity index is 766. The number of benzene rings is 2. The number of hydrogen-bond acceptors (Lipinski definition) is 3. The molecule has 0 bridgehead atoms. The summed E-state index contributed by atoms with van der Waals surface area (Å²) < 4.78 is 37.8. The molecule has 0 spiro atoms. The van der Waals surface area contributed by atoms with Crippen molar-refractivity contribution in [2.75, 3.05) is 25.1 Å². The molecule has 7 heteroatoms. The number of aliphatic imine (C=N–C) groups is 1. The zero-order valence-electron chi connectivity index (χ0n) is 14.9. The summed E-state index contributed by atoms with van der Waals surface area (Å²) in [5.74, 6) is 0.497. The van der Waals surface area contributed by atoms with E-state index < -0.39 is 11.6 Å². The van der Waals surface area contributed by atoms with Crippen molar-refractivity contribution >= 4 is 11.6 Å². The van der Waals surface area contributed by atoms with Gasteiger partial charge in [-0.2, -0.15) is 0 Å². The number of hydrogen-bond donors (Lipinski definition) is 2. The summed E-state index contributed by atoms with van der Waals surface area (Å²) in [7, 11) is 0. The quantitative estimate of drug-likeness (QED) is 0.554. The fourth-order valence-corrected chi connectivity index (χ4v) is 2.35. The molecule has 2 rings (SSSR count). The van der Waals surface area contributed by atoms with Crippen LogP contribution in [0.2, 0.25) is 0 Å². The normalized spacial score (nSPS) is 11.3. The highest BCUT2D eigenvalue weighted by molar-refractivity contribution is 5.94. The Morgan fingerprint density at radius 2 is 1.85 bits per heavy atom. The van der Waals surface area contributed by atoms with Crippen LogP contribution in [0.25, 0.3) is 0 Å². The summed E-state index contributed by atoms with van der Waals surface area (Å²) >= 11 is 0. The Morgan fingerprint density at radius 3 is 2.58 bits per heavy atom. The maximum atomic E-state index is 13.6. The van der Waals surface area contributed by atoms with Crippen molar-refractivity contribution < 1.29 is 18.3 Å². The van der Waals surface area contributed by atoms with Crippen molar-refractivity contribution in [1.82, 2.24) is 0 Å². The lowest BCUT2D eigenvalue weighted by Crippen LogP contribution is -2.23. The van der Waals surface area contributed by atoms with Gasteiger partial charge in [-0.25, -0.2) is 8.78 Å². The van der Waals surface area contributed by atoms with Crippen molar-refractivity contribution in [2.45, 2.75) is 20.3 Å². The number of halogens is 2. The number of nitrogens with one attached hydrogen (secondary N) is 1. The van der Waals surface area contributed by atoms with Crippen molar-refractivity contribution in [3.63, 3.8) is 0 Å². The van der Waals surface area contributed by atoms with Crippen LogP contribution < -0.4 is 20.5 Å². The predicted octanol–water partition coefficient (Wildman–Crippen LogP) is 3.73. The Kier molecular flexibility index (Phi) is 7.20. The molecule has 0 aliphatic heterocycles. The van der Waals surface area contributed by atoms with Crippen LogP contribution in [0.3, 0.4) is 0 Å². The Labute approximate surface area is 151 Å². The molecular weight excluding hydrogens is 340 g/mol. The van der Waals surface area contributed by atoms with Gasteiger partial charge in [0, 0.05) is 12.6 Å². The third-order valence-electron chi connectivity index (χ3n) is 3.50. The average Bonchev–Trinajstić information content (AvgIpc) is 2.60. The molecule has 0 aromatic heterocycles. The van der Waals surface area contributed by atoms with E-state index in [9.17, 15) is 8.78 Å². The first-order valence-electron chi connectivity index (χ1n) is 8.44. The fourth-order valence-electron chi connectivity index (χ4n) is 2.35. The third kappa shape index (κ3) is 5.61. The minimum Gasteiger partial charge on any atom is -0.494 e. The molecule has 3 N–H and O–H groups in total. The van der Waals surface area contributed by atoms with Crippen LogP contribution in [0.4, 0.5) is 14.5 Å². The van der Waals surface area contributed by atoms with Gasteiger partial charge in [0.2, 0.25) is 0 Å². The van der Waals surface area contributed by atoms with E-state index in [4.69, 9.17) is 15.2 Å². The number of anilines is 1. The molecule has 26 heavy (non-hydrogen) atoms. The Morgan fingerprint density at radius 1 is 1.08 bits per heavy atom. The van der Waals surface area contributed by atoms with Gasteiger partial charge in [0.25, 0.3) is 0 Å². The van der Waals surface area contributed by atoms with Crippen LogP contribution in [0.1, 0.15) is 19.4 Å². The van der Waals surface area contributed by atoms with Crippen molar-refractivity contribution in [3.8, 4) is 11.5 Å². The third-order valence-corrected chi connectivity index (χ3v) is 3.50. The highest BCUT2D eigenvalue weighted by Crippen LogP contribution is 2.29. The summed E-state index contributed by atoms with van der Waals surface area (Å²) in [6, 6.07) is 8.70. The SMILES string of the molecule is CCOc1ccc(OCC)c(NC(N)=NCCc2cc(F)ccc2F)c1. The molecule has 140 valence electrons. The lowest BCUT2D eigenvalue weighted by Gasteiger charge is -2.14. The second-order valence-electron chi connectivity index (χ2n) is 5.40. The van der Waals surface area contributed by atoms with Crippen LogP contribution in [-0.2, 0) is 6.42 Å². The molecule has 0 aliphatic carbocycles. The van der Waals surface area contributed by atoms with E-state index in [0.29, 0.717) is 30.4 Å². The summed E-state index contributed by atoms with van der Waals surface area (Å²) in [6.07, 6.45) is 0.239. The van der Waals surface area contributed by atoms with Crippen LogP contribution >= 0.6 is 0 Å². The second-order valence-corrected chi connectivity index (χ2v) is 5.40. The molecule has 5 nitrogen and oxygen atoms in total. The first kappa shape index (κ1) is 19.5. The van der Waals surface area contributed by atoms with Crippen molar-refractivity contribution in [1.29, 1.82) is 0 Å². The van der Waals surface area contributed by atoms with E-state index in [1.807, 2.05) is 13.8 Å². The minimum atomic E-state index is -0.481. The zero-order chi connectivity index (χ0) is 18.9. The number of nitrogens with two attached hydrogens (primary N) is 1. The van der Waals surface area contributed by atoms with Crippen LogP contribution in [0.15, 0.2) is 41.4 Å². The second kappa shape index (κ2) is 9.60. The highest BCUT2D eigenvalue weighted by atomic mass is 19.1. The minimum absolute atomic E-state index is 0.149. The molecule has 0 saturated heterocycles. The molecule has 0 aliphatic rings. The molecule has 0 fully saturated rings. The van der Waals surface area contributed by atoms with Gasteiger partial charge >= 0.3 is 0 Å². The molecule has 2 aromatic rings. The number of guanidine groups is 1. The van der Waals surface area contributed by atoms with Gasteiger partial charge in [-0.1, -0.05) is 0 Å². The maximum Gasteiger partial charge on any atom is 0.193 e. The zero-order valence-corrected chi connectivity index (χ0v) is 14.9. The van der Waals surface area contributed by atoms with E-state index >= 15 is 0 Å². The predicted molar refractivity (Wildman–Crippen MR) is 99.0 cm³/mol.